The normalized spacial score (nSPS) is 10.6. The number of halogens is 2. The van der Waals surface area contributed by atoms with E-state index in [0.717, 1.165) is 46.6 Å². The number of ketones is 1. The quantitative estimate of drug-likeness (QED) is 0.0140. The van der Waals surface area contributed by atoms with Gasteiger partial charge in [-0.05, 0) is 115 Å². The van der Waals surface area contributed by atoms with E-state index >= 15 is 0 Å². The summed E-state index contributed by atoms with van der Waals surface area (Å²) in [5.74, 6) is -5.68. The van der Waals surface area contributed by atoms with Crippen LogP contribution in [0.25, 0.3) is 0 Å². The van der Waals surface area contributed by atoms with Crippen LogP contribution in [0.15, 0.2) is 158 Å². The van der Waals surface area contributed by atoms with Crippen LogP contribution in [0.5, 0.6) is 17.2 Å². The van der Waals surface area contributed by atoms with Gasteiger partial charge >= 0.3 is 47.8 Å². The van der Waals surface area contributed by atoms with Crippen molar-refractivity contribution in [2.75, 3.05) is 52.9 Å². The average Bonchev–Trinajstić information content (AvgIpc) is 0.852. The third kappa shape index (κ3) is 36.0. The highest BCUT2D eigenvalue weighted by Crippen LogP contribution is 2.31. The Hall–Kier alpha value is -10.2. The largest absolute Gasteiger partial charge is 0.489 e. The van der Waals surface area contributed by atoms with Crippen LogP contribution in [0.4, 0.5) is 0 Å². The molecule has 0 saturated heterocycles. The molecule has 0 amide bonds. The Morgan fingerprint density at radius 2 is 1.00 bits per heavy atom. The zero-order valence-corrected chi connectivity index (χ0v) is 55.3. The standard InChI is InChI=1S/C16H22O3.C15H10Cl2O4.C15H14O3.C12H14O4.C8H14O7.C6H5NO2/c1-2-3-4-5-6-13-7-9-14(10-8-13)15(17)11-12-16(18)19;16-12-3-1-8(6-10(12)14(18)19)5-9-2-4-13(17)11(7-9)15(20)21;16-15(17)10-13-8-4-5-9-14(13)18-11-12-6-2-1-3-7-12;13-12(14)3-1-2-9-4-5-10-11(8-9)16-7-6-15-10;9-7(10)5-14-3-1-13-2-4-15-6-8(11)12;8-6(9)5-2-1-3-7-4-5/h7-10H,2-6,11-12H2,1H3,(H,18,19);1-4,6-7H,5H2,(H,18,19)(H,20,21);1-9H,10-11H2,(H,16,17);4-5,8H,1-3,6-7H2,(H,13,14);1-6H2,(H,9,10)(H,11,12);1-4H,(H,8,9). The van der Waals surface area contributed by atoms with E-state index < -0.39 is 47.8 Å². The minimum atomic E-state index is -1.11. The molecule has 0 unspecified atom stereocenters. The fraction of sp³-hybridized carbons (Fsp3) is 0.306. The number of unbranched alkanes of at least 4 members (excludes halogenated alkanes) is 3. The Labute approximate surface area is 575 Å². The zero-order chi connectivity index (χ0) is 72.0. The fourth-order valence-electron chi connectivity index (χ4n) is 8.43. The van der Waals surface area contributed by atoms with E-state index in [1.807, 2.05) is 72.8 Å². The van der Waals surface area contributed by atoms with E-state index in [1.165, 1.54) is 74.0 Å². The van der Waals surface area contributed by atoms with Crippen LogP contribution in [0.1, 0.15) is 133 Å². The lowest BCUT2D eigenvalue weighted by atomic mass is 10.0. The van der Waals surface area contributed by atoms with Crippen LogP contribution in [0.2, 0.25) is 10.0 Å². The number of aromatic carboxylic acids is 3. The van der Waals surface area contributed by atoms with E-state index in [2.05, 4.69) is 21.4 Å². The summed E-state index contributed by atoms with van der Waals surface area (Å²) in [5.41, 5.74) is 6.38. The molecule has 6 aromatic carbocycles. The number of para-hydroxylation sites is 1. The van der Waals surface area contributed by atoms with Gasteiger partial charge in [0.05, 0.1) is 66.0 Å². The molecule has 1 aromatic heterocycles. The van der Waals surface area contributed by atoms with Crippen LogP contribution >= 0.6 is 23.2 Å². The summed E-state index contributed by atoms with van der Waals surface area (Å²) in [6.45, 7) is 3.98. The number of hydrogen-bond donors (Lipinski definition) is 8. The molecule has 0 aliphatic carbocycles. The molecule has 0 atom stereocenters. The van der Waals surface area contributed by atoms with Gasteiger partial charge in [-0.15, -0.1) is 0 Å². The predicted octanol–water partition coefficient (Wildman–Crippen LogP) is 12.6. The number of aliphatic carboxylic acids is 5. The van der Waals surface area contributed by atoms with Gasteiger partial charge < -0.3 is 69.3 Å². The Balaban J connectivity index is 0.000000310. The maximum atomic E-state index is 11.7. The molecule has 98 heavy (non-hydrogen) atoms. The van der Waals surface area contributed by atoms with Crippen molar-refractivity contribution in [3.63, 3.8) is 0 Å². The van der Waals surface area contributed by atoms with Gasteiger partial charge in [-0.1, -0.05) is 140 Å². The number of nitrogens with zero attached hydrogens (tertiary/aromatic N) is 1. The second kappa shape index (κ2) is 47.6. The number of aromatic nitrogens is 1. The van der Waals surface area contributed by atoms with Gasteiger partial charge in [-0.2, -0.15) is 0 Å². The fourth-order valence-corrected chi connectivity index (χ4v) is 8.82. The summed E-state index contributed by atoms with van der Waals surface area (Å²) in [7, 11) is 0. The molecule has 1 aliphatic heterocycles. The van der Waals surface area contributed by atoms with Gasteiger partial charge in [0.15, 0.2) is 17.3 Å². The molecule has 24 nitrogen and oxygen atoms in total. The van der Waals surface area contributed by atoms with Crippen LogP contribution in [0, 0.1) is 0 Å². The molecule has 524 valence electrons. The van der Waals surface area contributed by atoms with Crippen molar-refractivity contribution in [3.05, 3.63) is 224 Å². The Bertz CT molecular complexity index is 3550. The molecule has 2 heterocycles. The van der Waals surface area contributed by atoms with Crippen molar-refractivity contribution in [2.24, 2.45) is 0 Å². The number of fused-ring (bicyclic) bond motifs is 1. The van der Waals surface area contributed by atoms with Crippen molar-refractivity contribution < 1.29 is 112 Å². The summed E-state index contributed by atoms with van der Waals surface area (Å²) < 4.78 is 30.8. The molecule has 0 fully saturated rings. The highest BCUT2D eigenvalue weighted by atomic mass is 35.5. The average molecular weight is 1400 g/mol. The highest BCUT2D eigenvalue weighted by molar-refractivity contribution is 6.34. The second-order valence-corrected chi connectivity index (χ2v) is 21.8. The summed E-state index contributed by atoms with van der Waals surface area (Å²) in [4.78, 5) is 99.1. The number of carbonyl (C=O) groups is 9. The lowest BCUT2D eigenvalue weighted by Gasteiger charge is -2.18. The van der Waals surface area contributed by atoms with Crippen LogP contribution in [0.3, 0.4) is 0 Å². The molecule has 0 spiro atoms. The molecule has 0 radical (unpaired) electrons. The third-order valence-electron chi connectivity index (χ3n) is 13.2. The van der Waals surface area contributed by atoms with Crippen molar-refractivity contribution in [2.45, 2.75) is 90.6 Å². The minimum absolute atomic E-state index is 0.0154. The Morgan fingerprint density at radius 1 is 0.459 bits per heavy atom. The maximum absolute atomic E-state index is 11.7. The second-order valence-electron chi connectivity index (χ2n) is 21.0. The molecule has 7 aromatic rings. The number of ether oxygens (including phenoxy) is 6. The van der Waals surface area contributed by atoms with Crippen LogP contribution < -0.4 is 14.2 Å². The minimum Gasteiger partial charge on any atom is -0.489 e. The number of Topliss-reactive ketones (excluding diaryl/α,β-unsaturated/α-hetero) is 1. The van der Waals surface area contributed by atoms with Crippen LogP contribution in [-0.4, -0.2) is 152 Å². The van der Waals surface area contributed by atoms with E-state index in [4.69, 9.17) is 83.0 Å². The SMILES string of the molecule is CCCCCCc1ccc(C(=O)CCC(=O)O)cc1.O=C(O)CCCc1ccc2c(c1)OCCO2.O=C(O)COCCOCCOCC(=O)O.O=C(O)Cc1ccccc1OCc1ccccc1.O=C(O)c1cc(Cc2ccc(Cl)c(C(=O)O)c2)ccc1Cl.O=C(O)c1cccnc1. The maximum Gasteiger partial charge on any atom is 0.337 e. The first kappa shape index (κ1) is 82.0. The van der Waals surface area contributed by atoms with Gasteiger partial charge in [-0.25, -0.2) is 24.0 Å². The molecular weight excluding hydrogens is 1320 g/mol. The Morgan fingerprint density at radius 3 is 1.52 bits per heavy atom. The summed E-state index contributed by atoms with van der Waals surface area (Å²) >= 11 is 11.6. The molecular formula is C72H79Cl2NO23. The number of pyridine rings is 1. The highest BCUT2D eigenvalue weighted by Gasteiger charge is 2.15. The first-order valence-corrected chi connectivity index (χ1v) is 31.5. The topological polar surface area (TPSA) is 384 Å². The van der Waals surface area contributed by atoms with Crippen molar-refractivity contribution in [1.82, 2.24) is 4.98 Å². The lowest BCUT2D eigenvalue weighted by molar-refractivity contribution is -0.143. The number of benzene rings is 6. The first-order valence-electron chi connectivity index (χ1n) is 30.7. The van der Waals surface area contributed by atoms with E-state index in [1.54, 1.807) is 42.5 Å². The van der Waals surface area contributed by atoms with Crippen molar-refractivity contribution in [1.29, 1.82) is 0 Å². The third-order valence-corrected chi connectivity index (χ3v) is 13.9. The Kier molecular flexibility index (Phi) is 39.8. The van der Waals surface area contributed by atoms with Crippen LogP contribution in [-0.2, 0) is 70.5 Å². The monoisotopic (exact) mass is 1400 g/mol. The van der Waals surface area contributed by atoms with Crippen molar-refractivity contribution in [3.8, 4) is 17.2 Å². The predicted molar refractivity (Wildman–Crippen MR) is 361 cm³/mol. The van der Waals surface area contributed by atoms with Gasteiger partial charge in [0, 0.05) is 36.4 Å². The van der Waals surface area contributed by atoms with Gasteiger partial charge in [-0.3, -0.25) is 24.2 Å². The van der Waals surface area contributed by atoms with E-state index in [-0.39, 0.29) is 97.8 Å². The molecule has 1 aliphatic rings. The first-order chi connectivity index (χ1) is 46.9. The number of carboxylic acids is 8. The smallest absolute Gasteiger partial charge is 0.337 e. The lowest BCUT2D eigenvalue weighted by Crippen LogP contribution is -2.15. The van der Waals surface area contributed by atoms with E-state index in [9.17, 15) is 43.2 Å². The van der Waals surface area contributed by atoms with Gasteiger partial charge in [0.25, 0.3) is 0 Å². The van der Waals surface area contributed by atoms with Gasteiger partial charge in [0.2, 0.25) is 0 Å². The number of aryl methyl sites for hydroxylation is 2. The number of carbonyl (C=O) groups excluding carboxylic acids is 1. The van der Waals surface area contributed by atoms with Crippen molar-refractivity contribution >= 4 is 76.7 Å². The molecule has 0 bridgehead atoms. The number of rotatable bonds is 33. The number of carboxylic acid groups (broad SMARTS) is 8. The summed E-state index contributed by atoms with van der Waals surface area (Å²) in [5, 5.41) is 69.0. The molecule has 26 heteroatoms. The zero-order valence-electron chi connectivity index (χ0n) is 53.8. The number of hydrogen-bond acceptors (Lipinski definition) is 16. The molecule has 8 N–H and O–H groups in total. The molecule has 8 rings (SSSR count). The summed E-state index contributed by atoms with van der Waals surface area (Å²) in [6, 6.07) is 42.8. The molecule has 0 saturated carbocycles. The van der Waals surface area contributed by atoms with E-state index in [0.29, 0.717) is 49.5 Å². The van der Waals surface area contributed by atoms with Gasteiger partial charge in [0.1, 0.15) is 38.8 Å². The summed E-state index contributed by atoms with van der Waals surface area (Å²) in [6.07, 6.45) is 10.8.